The normalized spacial score (nSPS) is 24.8. The van der Waals surface area contributed by atoms with Crippen molar-refractivity contribution >= 4 is 36.5 Å². The second kappa shape index (κ2) is 7.59. The molecule has 0 saturated heterocycles. The van der Waals surface area contributed by atoms with Crippen LogP contribution in [0, 0.1) is 0 Å². The van der Waals surface area contributed by atoms with Crippen LogP contribution >= 0.6 is 24.8 Å². The van der Waals surface area contributed by atoms with E-state index in [1.807, 2.05) is 27.7 Å². The zero-order valence-electron chi connectivity index (χ0n) is 14.2. The first kappa shape index (κ1) is 21.1. The molecule has 0 spiro atoms. The first-order valence-electron chi connectivity index (χ1n) is 7.28. The molecule has 0 aromatic rings. The van der Waals surface area contributed by atoms with Crippen molar-refractivity contribution in [2.75, 3.05) is 13.1 Å². The van der Waals surface area contributed by atoms with Gasteiger partial charge >= 0.3 is 0 Å². The molecule has 2 N–H and O–H groups in total. The van der Waals surface area contributed by atoms with Crippen LogP contribution in [-0.4, -0.2) is 47.9 Å². The number of hydrogen-bond acceptors (Lipinski definition) is 6. The average Bonchev–Trinajstić information content (AvgIpc) is 2.96. The average molecular weight is 351 g/mol. The highest BCUT2D eigenvalue weighted by Crippen LogP contribution is 2.20. The van der Waals surface area contributed by atoms with Crippen LogP contribution in [0.1, 0.15) is 41.5 Å². The maximum absolute atomic E-state index is 4.52. The molecule has 2 atom stereocenters. The van der Waals surface area contributed by atoms with Crippen LogP contribution in [0.5, 0.6) is 0 Å². The molecule has 2 heterocycles. The molecular weight excluding hydrogens is 323 g/mol. The van der Waals surface area contributed by atoms with Crippen LogP contribution in [0.15, 0.2) is 20.2 Å². The Hall–Kier alpha value is -0.880. The second-order valence-electron chi connectivity index (χ2n) is 6.79. The standard InChI is InChI=1S/C14H26N6.2ClH/c1-9-7-15-11(17-9)13(3,4)19-20-14(5,6)12-16-8-10(2)18-12;;/h9-10H,7-8H2,1-6H3,(H,15,17)(H,16,18);2*1H/t9-,10-;;/m0../s1. The summed E-state index contributed by atoms with van der Waals surface area (Å²) in [6.07, 6.45) is 0. The largest absolute Gasteiger partial charge is 0.367 e. The predicted octanol–water partition coefficient (Wildman–Crippen LogP) is 2.62. The molecule has 0 unspecified atom stereocenters. The van der Waals surface area contributed by atoms with Gasteiger partial charge in [-0.3, -0.25) is 9.98 Å². The van der Waals surface area contributed by atoms with Crippen molar-refractivity contribution in [3.63, 3.8) is 0 Å². The summed E-state index contributed by atoms with van der Waals surface area (Å²) in [5.74, 6) is 1.83. The minimum Gasteiger partial charge on any atom is -0.367 e. The molecule has 2 rings (SSSR count). The highest BCUT2D eigenvalue weighted by Gasteiger charge is 2.33. The van der Waals surface area contributed by atoms with Gasteiger partial charge in [-0.1, -0.05) is 0 Å². The van der Waals surface area contributed by atoms with Crippen molar-refractivity contribution < 1.29 is 0 Å². The van der Waals surface area contributed by atoms with Gasteiger partial charge in [0.2, 0.25) is 0 Å². The fourth-order valence-electron chi connectivity index (χ4n) is 2.19. The summed E-state index contributed by atoms with van der Waals surface area (Å²) in [4.78, 5) is 9.01. The van der Waals surface area contributed by atoms with Gasteiger partial charge in [-0.15, -0.1) is 24.8 Å². The third kappa shape index (κ3) is 4.81. The molecule has 2 aliphatic heterocycles. The molecule has 128 valence electrons. The quantitative estimate of drug-likeness (QED) is 0.764. The Balaban J connectivity index is 0.00000220. The smallest absolute Gasteiger partial charge is 0.133 e. The van der Waals surface area contributed by atoms with Crippen LogP contribution in [-0.2, 0) is 0 Å². The van der Waals surface area contributed by atoms with Gasteiger partial charge in [0, 0.05) is 12.1 Å². The van der Waals surface area contributed by atoms with Crippen LogP contribution in [0.2, 0.25) is 0 Å². The van der Waals surface area contributed by atoms with Gasteiger partial charge in [0.1, 0.15) is 22.7 Å². The number of azo groups is 1. The van der Waals surface area contributed by atoms with E-state index in [2.05, 4.69) is 44.7 Å². The first-order valence-corrected chi connectivity index (χ1v) is 7.28. The lowest BCUT2D eigenvalue weighted by atomic mass is 10.0. The van der Waals surface area contributed by atoms with E-state index in [0.717, 1.165) is 24.8 Å². The summed E-state index contributed by atoms with van der Waals surface area (Å²) < 4.78 is 0. The molecule has 2 aliphatic rings. The summed E-state index contributed by atoms with van der Waals surface area (Å²) in [5.41, 5.74) is -0.848. The fraction of sp³-hybridized carbons (Fsp3) is 0.857. The number of aliphatic imine (C=N–C) groups is 2. The second-order valence-corrected chi connectivity index (χ2v) is 6.79. The zero-order chi connectivity index (χ0) is 15.0. The van der Waals surface area contributed by atoms with Crippen LogP contribution in [0.4, 0.5) is 0 Å². The molecule has 0 saturated carbocycles. The van der Waals surface area contributed by atoms with Gasteiger partial charge in [-0.2, -0.15) is 10.2 Å². The molecule has 22 heavy (non-hydrogen) atoms. The Morgan fingerprint density at radius 1 is 0.818 bits per heavy atom. The highest BCUT2D eigenvalue weighted by atomic mass is 35.5. The Kier molecular flexibility index (Phi) is 7.29. The van der Waals surface area contributed by atoms with Crippen molar-refractivity contribution in [3.8, 4) is 0 Å². The highest BCUT2D eigenvalue weighted by molar-refractivity contribution is 5.93. The van der Waals surface area contributed by atoms with E-state index >= 15 is 0 Å². The third-order valence-corrected chi connectivity index (χ3v) is 3.52. The Morgan fingerprint density at radius 3 is 1.36 bits per heavy atom. The van der Waals surface area contributed by atoms with Crippen LogP contribution < -0.4 is 10.6 Å². The molecule has 0 amide bonds. The zero-order valence-corrected chi connectivity index (χ0v) is 15.8. The Labute approximate surface area is 145 Å². The van der Waals surface area contributed by atoms with E-state index < -0.39 is 11.1 Å². The number of halogens is 2. The van der Waals surface area contributed by atoms with E-state index in [1.54, 1.807) is 0 Å². The minimum absolute atomic E-state index is 0. The van der Waals surface area contributed by atoms with Gasteiger partial charge in [-0.25, -0.2) is 0 Å². The molecule has 8 heteroatoms. The lowest BCUT2D eigenvalue weighted by Gasteiger charge is -2.24. The van der Waals surface area contributed by atoms with E-state index in [-0.39, 0.29) is 24.8 Å². The topological polar surface area (TPSA) is 73.5 Å². The SMILES string of the molecule is C[C@H]1CN=C(C(C)(C)N=NC(C)(C)C2=NC[C@H](C)N2)N1.Cl.Cl. The van der Waals surface area contributed by atoms with Crippen molar-refractivity contribution in [1.29, 1.82) is 0 Å². The van der Waals surface area contributed by atoms with E-state index in [9.17, 15) is 0 Å². The summed E-state index contributed by atoms with van der Waals surface area (Å²) >= 11 is 0. The minimum atomic E-state index is -0.424. The molecular formula is C14H28Cl2N6. The van der Waals surface area contributed by atoms with Gasteiger partial charge < -0.3 is 10.6 Å². The molecule has 0 radical (unpaired) electrons. The monoisotopic (exact) mass is 350 g/mol. The molecule has 0 fully saturated rings. The van der Waals surface area contributed by atoms with E-state index in [1.165, 1.54) is 0 Å². The first-order chi connectivity index (χ1) is 9.21. The van der Waals surface area contributed by atoms with Crippen LogP contribution in [0.3, 0.4) is 0 Å². The molecule has 0 aliphatic carbocycles. The molecule has 6 nitrogen and oxygen atoms in total. The van der Waals surface area contributed by atoms with E-state index in [0.29, 0.717) is 12.1 Å². The summed E-state index contributed by atoms with van der Waals surface area (Å²) in [7, 11) is 0. The summed E-state index contributed by atoms with van der Waals surface area (Å²) in [6, 6.07) is 0.767. The Morgan fingerprint density at radius 2 is 1.14 bits per heavy atom. The van der Waals surface area contributed by atoms with Gasteiger partial charge in [0.15, 0.2) is 0 Å². The van der Waals surface area contributed by atoms with E-state index in [4.69, 9.17) is 0 Å². The van der Waals surface area contributed by atoms with Gasteiger partial charge in [0.05, 0.1) is 13.1 Å². The lowest BCUT2D eigenvalue weighted by Crippen LogP contribution is -2.43. The molecule has 0 aromatic heterocycles. The Bertz CT molecular complexity index is 428. The van der Waals surface area contributed by atoms with Crippen molar-refractivity contribution in [1.82, 2.24) is 10.6 Å². The summed E-state index contributed by atoms with van der Waals surface area (Å²) in [5, 5.41) is 15.8. The maximum Gasteiger partial charge on any atom is 0.133 e. The number of nitrogens with one attached hydrogen (secondary N) is 2. The summed E-state index contributed by atoms with van der Waals surface area (Å²) in [6.45, 7) is 14.0. The number of rotatable bonds is 4. The predicted molar refractivity (Wildman–Crippen MR) is 97.3 cm³/mol. The van der Waals surface area contributed by atoms with Crippen molar-refractivity contribution in [2.45, 2.75) is 64.7 Å². The van der Waals surface area contributed by atoms with Gasteiger partial charge in [-0.05, 0) is 41.5 Å². The lowest BCUT2D eigenvalue weighted by molar-refractivity contribution is 0.546. The molecule has 0 aromatic carbocycles. The van der Waals surface area contributed by atoms with Gasteiger partial charge in [0.25, 0.3) is 0 Å². The number of nitrogens with zero attached hydrogens (tertiary/aromatic N) is 4. The fourth-order valence-corrected chi connectivity index (χ4v) is 2.19. The van der Waals surface area contributed by atoms with Crippen LogP contribution in [0.25, 0.3) is 0 Å². The maximum atomic E-state index is 4.52. The number of amidine groups is 2. The third-order valence-electron chi connectivity index (χ3n) is 3.52. The van der Waals surface area contributed by atoms with Crippen molar-refractivity contribution in [2.24, 2.45) is 20.2 Å². The molecule has 0 bridgehead atoms. The van der Waals surface area contributed by atoms with Crippen molar-refractivity contribution in [3.05, 3.63) is 0 Å². The number of hydrogen-bond donors (Lipinski definition) is 2.